The van der Waals surface area contributed by atoms with Crippen LogP contribution in [0.5, 0.6) is 0 Å². The summed E-state index contributed by atoms with van der Waals surface area (Å²) >= 11 is 0. The van der Waals surface area contributed by atoms with Gasteiger partial charge in [-0.1, -0.05) is 5.73 Å². The Hall–Kier alpha value is -0.830. The Morgan fingerprint density at radius 1 is 1.10 bits per heavy atom. The minimum Gasteiger partial charge on any atom is -0.206 e. The molecule has 0 saturated carbocycles. The average Bonchev–Trinajstić information content (AvgIpc) is 1.81. The lowest BCUT2D eigenvalue weighted by molar-refractivity contribution is 0.112. The monoisotopic (exact) mass is 158 g/mol. The van der Waals surface area contributed by atoms with Gasteiger partial charge in [-0.25, -0.2) is 22.0 Å². The first-order valence-corrected chi connectivity index (χ1v) is 2.21. The van der Waals surface area contributed by atoms with E-state index in [0.717, 1.165) is 5.73 Å². The summed E-state index contributed by atoms with van der Waals surface area (Å²) in [7, 11) is 0. The Morgan fingerprint density at radius 3 is 1.60 bits per heavy atom. The van der Waals surface area contributed by atoms with Crippen molar-refractivity contribution < 1.29 is 22.0 Å². The lowest BCUT2D eigenvalue weighted by Gasteiger charge is -1.98. The average molecular weight is 158 g/mol. The number of allylic oxidation sites excluding steroid dienone is 1. The van der Waals surface area contributed by atoms with E-state index in [1.165, 1.54) is 0 Å². The van der Waals surface area contributed by atoms with Crippen LogP contribution in [-0.2, 0) is 0 Å². The van der Waals surface area contributed by atoms with Crippen molar-refractivity contribution in [3.8, 4) is 0 Å². The van der Waals surface area contributed by atoms with E-state index >= 15 is 0 Å². The van der Waals surface area contributed by atoms with Crippen molar-refractivity contribution in [3.05, 3.63) is 17.6 Å². The van der Waals surface area contributed by atoms with Crippen LogP contribution in [0.3, 0.4) is 0 Å². The third-order valence-electron chi connectivity index (χ3n) is 0.691. The van der Waals surface area contributed by atoms with E-state index in [0.29, 0.717) is 0 Å². The molecule has 58 valence electrons. The number of hydrogen-bond acceptors (Lipinski definition) is 0. The molecule has 0 spiro atoms. The van der Waals surface area contributed by atoms with Crippen molar-refractivity contribution in [2.45, 2.75) is 12.9 Å². The first-order chi connectivity index (χ1) is 4.59. The number of halogens is 5. The van der Waals surface area contributed by atoms with Gasteiger partial charge in [-0.2, -0.15) is 0 Å². The Labute approximate surface area is 53.6 Å². The number of hydrogen-bond donors (Lipinski definition) is 0. The minimum atomic E-state index is -3.35. The zero-order chi connectivity index (χ0) is 8.15. The van der Waals surface area contributed by atoms with Crippen LogP contribution in [0.15, 0.2) is 17.6 Å². The largest absolute Gasteiger partial charge is 0.272 e. The normalized spacial score (nSPS) is 9.90. The Kier molecular flexibility index (Phi) is 3.72. The lowest BCUT2D eigenvalue weighted by atomic mass is 10.3. The second-order valence-corrected chi connectivity index (χ2v) is 1.31. The summed E-state index contributed by atoms with van der Waals surface area (Å²) in [6.45, 7) is 0. The van der Waals surface area contributed by atoms with E-state index in [1.54, 1.807) is 0 Å². The highest BCUT2D eigenvalue weighted by atomic mass is 19.3. The van der Waals surface area contributed by atoms with E-state index < -0.39 is 24.8 Å². The minimum absolute atomic E-state index is 0.465. The third kappa shape index (κ3) is 2.64. The van der Waals surface area contributed by atoms with Crippen LogP contribution < -0.4 is 0 Å². The second-order valence-electron chi connectivity index (χ2n) is 1.31. The molecule has 5 heteroatoms. The Bertz CT molecular complexity index is 143. The smallest absolute Gasteiger partial charge is 0.206 e. The van der Waals surface area contributed by atoms with E-state index in [4.69, 9.17) is 0 Å². The highest BCUT2D eigenvalue weighted by molar-refractivity contribution is 5.05. The first kappa shape index (κ1) is 9.17. The summed E-state index contributed by atoms with van der Waals surface area (Å²) in [5, 5.41) is 0. The maximum Gasteiger partial charge on any atom is 0.272 e. The molecule has 0 aliphatic heterocycles. The second kappa shape index (κ2) is 4.06. The summed E-state index contributed by atoms with van der Waals surface area (Å²) < 4.78 is 56.5. The van der Waals surface area contributed by atoms with Crippen LogP contribution in [0.2, 0.25) is 0 Å². The number of rotatable bonds is 2. The standard InChI is InChI=1S/C5H3F5/c6-2-1-3(4(7)8)5(9)10/h2,4-5H. The molecule has 0 N–H and O–H groups in total. The van der Waals surface area contributed by atoms with E-state index in [1.807, 2.05) is 0 Å². The van der Waals surface area contributed by atoms with Gasteiger partial charge in [0, 0.05) is 0 Å². The van der Waals surface area contributed by atoms with Gasteiger partial charge in [0.1, 0.15) is 11.9 Å². The summed E-state index contributed by atoms with van der Waals surface area (Å²) in [5.41, 5.74) is -0.516. The summed E-state index contributed by atoms with van der Waals surface area (Å²) in [6.07, 6.45) is -7.17. The molecule has 0 amide bonds. The summed E-state index contributed by atoms with van der Waals surface area (Å²) in [4.78, 5) is 0. The SMILES string of the molecule is FC=C=C(C(F)F)C(F)F. The molecule has 0 aliphatic carbocycles. The zero-order valence-corrected chi connectivity index (χ0v) is 4.62. The third-order valence-corrected chi connectivity index (χ3v) is 0.691. The fourth-order valence-corrected chi connectivity index (χ4v) is 0.284. The zero-order valence-electron chi connectivity index (χ0n) is 4.62. The van der Waals surface area contributed by atoms with Crippen molar-refractivity contribution in [1.82, 2.24) is 0 Å². The van der Waals surface area contributed by atoms with Crippen LogP contribution in [0.25, 0.3) is 0 Å². The summed E-state index contributed by atoms with van der Waals surface area (Å²) in [5.74, 6) is 0. The van der Waals surface area contributed by atoms with Crippen LogP contribution in [0.4, 0.5) is 22.0 Å². The molecular formula is C5H3F5. The topological polar surface area (TPSA) is 0 Å². The maximum atomic E-state index is 11.4. The van der Waals surface area contributed by atoms with Crippen molar-refractivity contribution >= 4 is 0 Å². The molecule has 10 heavy (non-hydrogen) atoms. The van der Waals surface area contributed by atoms with E-state index in [9.17, 15) is 22.0 Å². The highest BCUT2D eigenvalue weighted by Gasteiger charge is 2.20. The van der Waals surface area contributed by atoms with Gasteiger partial charge in [0.05, 0.1) is 0 Å². The molecule has 0 heterocycles. The molecule has 0 saturated heterocycles. The maximum absolute atomic E-state index is 11.4. The predicted molar refractivity (Wildman–Crippen MR) is 24.7 cm³/mol. The molecule has 0 rings (SSSR count). The first-order valence-electron chi connectivity index (χ1n) is 2.21. The Morgan fingerprint density at radius 2 is 1.50 bits per heavy atom. The van der Waals surface area contributed by atoms with Gasteiger partial charge >= 0.3 is 0 Å². The van der Waals surface area contributed by atoms with Gasteiger partial charge < -0.3 is 0 Å². The van der Waals surface area contributed by atoms with Gasteiger partial charge in [0.25, 0.3) is 12.9 Å². The molecule has 0 unspecified atom stereocenters. The molecule has 0 aromatic rings. The molecule has 0 atom stereocenters. The molecule has 0 bridgehead atoms. The van der Waals surface area contributed by atoms with Gasteiger partial charge in [0.15, 0.2) is 0 Å². The predicted octanol–water partition coefficient (Wildman–Crippen LogP) is 2.53. The van der Waals surface area contributed by atoms with E-state index in [-0.39, 0.29) is 0 Å². The Balaban J connectivity index is 4.44. The molecule has 0 aliphatic rings. The van der Waals surface area contributed by atoms with Crippen molar-refractivity contribution in [2.75, 3.05) is 0 Å². The molecule has 0 nitrogen and oxygen atoms in total. The van der Waals surface area contributed by atoms with Gasteiger partial charge in [-0.3, -0.25) is 0 Å². The fourth-order valence-electron chi connectivity index (χ4n) is 0.284. The van der Waals surface area contributed by atoms with Gasteiger partial charge in [-0.05, 0) is 0 Å². The summed E-state index contributed by atoms with van der Waals surface area (Å²) in [6, 6.07) is 0. The molecule has 0 aromatic heterocycles. The molecule has 0 aromatic carbocycles. The lowest BCUT2D eigenvalue weighted by Crippen LogP contribution is -2.05. The molecule has 0 fully saturated rings. The van der Waals surface area contributed by atoms with Crippen molar-refractivity contribution in [3.63, 3.8) is 0 Å². The van der Waals surface area contributed by atoms with Crippen LogP contribution in [0, 0.1) is 0 Å². The van der Waals surface area contributed by atoms with Crippen molar-refractivity contribution in [2.24, 2.45) is 0 Å². The van der Waals surface area contributed by atoms with Crippen LogP contribution in [-0.4, -0.2) is 12.9 Å². The van der Waals surface area contributed by atoms with Gasteiger partial charge in [-0.15, -0.1) is 0 Å². The molecular weight excluding hydrogens is 155 g/mol. The quantitative estimate of drug-likeness (QED) is 0.427. The molecule has 0 radical (unpaired) electrons. The van der Waals surface area contributed by atoms with Crippen molar-refractivity contribution in [1.29, 1.82) is 0 Å². The van der Waals surface area contributed by atoms with Crippen LogP contribution in [0.1, 0.15) is 0 Å². The van der Waals surface area contributed by atoms with E-state index in [2.05, 4.69) is 0 Å². The van der Waals surface area contributed by atoms with Crippen LogP contribution >= 0.6 is 0 Å². The number of alkyl halides is 4. The van der Waals surface area contributed by atoms with Gasteiger partial charge in [0.2, 0.25) is 0 Å². The highest BCUT2D eigenvalue weighted by Crippen LogP contribution is 2.15. The fraction of sp³-hybridized carbons (Fsp3) is 0.400.